The molecule has 0 heterocycles. The molecular weight excluding hydrogens is 240 g/mol. The molecule has 1 atom stereocenters. The van der Waals surface area contributed by atoms with Crippen LogP contribution in [0.5, 0.6) is 0 Å². The third-order valence-corrected chi connectivity index (χ3v) is 2.94. The maximum Gasteiger partial charge on any atom is 0.329 e. The molecular formula is C11H18N2O5. The number of nitrogens with one attached hydrogen (secondary N) is 2. The second kappa shape index (κ2) is 5.81. The van der Waals surface area contributed by atoms with Crippen molar-refractivity contribution in [1.29, 1.82) is 0 Å². The second-order valence-electron chi connectivity index (χ2n) is 5.03. The molecule has 7 heteroatoms. The van der Waals surface area contributed by atoms with Crippen molar-refractivity contribution in [2.45, 2.75) is 20.3 Å². The highest BCUT2D eigenvalue weighted by atomic mass is 16.5. The minimum absolute atomic E-state index is 0.266. The smallest absolute Gasteiger partial charge is 0.329 e. The van der Waals surface area contributed by atoms with Gasteiger partial charge >= 0.3 is 12.0 Å². The van der Waals surface area contributed by atoms with E-state index in [1.807, 2.05) is 0 Å². The Labute approximate surface area is 105 Å². The molecule has 0 spiro atoms. The molecule has 1 unspecified atom stereocenters. The monoisotopic (exact) mass is 258 g/mol. The summed E-state index contributed by atoms with van der Waals surface area (Å²) in [5.41, 5.74) is 0.266. The van der Waals surface area contributed by atoms with Gasteiger partial charge in [0.25, 0.3) is 5.91 Å². The second-order valence-corrected chi connectivity index (χ2v) is 5.03. The molecule has 1 aliphatic rings. The summed E-state index contributed by atoms with van der Waals surface area (Å²) in [6, 6.07) is -0.582. The van der Waals surface area contributed by atoms with E-state index in [-0.39, 0.29) is 5.41 Å². The van der Waals surface area contributed by atoms with E-state index in [4.69, 9.17) is 5.11 Å². The molecule has 0 aromatic rings. The van der Waals surface area contributed by atoms with Crippen LogP contribution in [0.25, 0.3) is 0 Å². The van der Waals surface area contributed by atoms with E-state index in [1.54, 1.807) is 0 Å². The number of carboxylic acid groups (broad SMARTS) is 1. The summed E-state index contributed by atoms with van der Waals surface area (Å²) < 4.78 is 4.54. The number of aliphatic carboxylic acids is 1. The van der Waals surface area contributed by atoms with E-state index in [1.165, 1.54) is 0 Å². The number of hydrogen-bond acceptors (Lipinski definition) is 4. The number of rotatable bonds is 6. The number of amides is 3. The maximum atomic E-state index is 11.3. The molecule has 1 saturated carbocycles. The first-order chi connectivity index (χ1) is 8.31. The zero-order valence-corrected chi connectivity index (χ0v) is 10.5. The van der Waals surface area contributed by atoms with Gasteiger partial charge in [-0.15, -0.1) is 0 Å². The van der Waals surface area contributed by atoms with Gasteiger partial charge in [-0.2, -0.15) is 0 Å². The van der Waals surface area contributed by atoms with Gasteiger partial charge in [0.05, 0.1) is 0 Å². The lowest BCUT2D eigenvalue weighted by Crippen LogP contribution is -2.42. The molecule has 0 aromatic heterocycles. The molecule has 0 aliphatic heterocycles. The summed E-state index contributed by atoms with van der Waals surface area (Å²) in [5.74, 6) is -1.38. The third kappa shape index (κ3) is 5.13. The van der Waals surface area contributed by atoms with Crippen molar-refractivity contribution >= 4 is 17.9 Å². The quantitative estimate of drug-likeness (QED) is 0.620. The molecule has 1 rings (SSSR count). The van der Waals surface area contributed by atoms with Crippen molar-refractivity contribution in [3.63, 3.8) is 0 Å². The SMILES string of the molecule is CC1(C)CC1CNC(=O)NC(=O)COCC(=O)O. The van der Waals surface area contributed by atoms with Crippen molar-refractivity contribution in [2.75, 3.05) is 19.8 Å². The zero-order valence-electron chi connectivity index (χ0n) is 10.5. The summed E-state index contributed by atoms with van der Waals surface area (Å²) in [6.07, 6.45) is 1.06. The molecule has 7 nitrogen and oxygen atoms in total. The highest BCUT2D eigenvalue weighted by Crippen LogP contribution is 2.50. The fourth-order valence-electron chi connectivity index (χ4n) is 1.58. The Morgan fingerprint density at radius 2 is 1.94 bits per heavy atom. The van der Waals surface area contributed by atoms with E-state index in [0.29, 0.717) is 12.5 Å². The number of carboxylic acids is 1. The van der Waals surface area contributed by atoms with Crippen molar-refractivity contribution in [3.05, 3.63) is 0 Å². The van der Waals surface area contributed by atoms with Crippen LogP contribution < -0.4 is 10.6 Å². The summed E-state index contributed by atoms with van der Waals surface area (Å²) >= 11 is 0. The summed E-state index contributed by atoms with van der Waals surface area (Å²) in [5, 5.41) is 12.9. The number of imide groups is 1. The standard InChI is InChI=1S/C11H18N2O5/c1-11(2)3-7(11)4-12-10(17)13-8(14)5-18-6-9(15)16/h7H,3-6H2,1-2H3,(H,15,16)(H2,12,13,14,17). The normalized spacial score (nSPS) is 20.0. The molecule has 0 saturated heterocycles. The van der Waals surface area contributed by atoms with E-state index < -0.39 is 31.1 Å². The lowest BCUT2D eigenvalue weighted by Gasteiger charge is -2.07. The number of ether oxygens (including phenoxy) is 1. The summed E-state index contributed by atoms with van der Waals surface area (Å²) in [4.78, 5) is 32.5. The molecule has 3 amide bonds. The van der Waals surface area contributed by atoms with E-state index in [2.05, 4.69) is 29.2 Å². The van der Waals surface area contributed by atoms with Gasteiger partial charge in [0.1, 0.15) is 13.2 Å². The van der Waals surface area contributed by atoms with Gasteiger partial charge in [-0.25, -0.2) is 9.59 Å². The van der Waals surface area contributed by atoms with Gasteiger partial charge in [0.2, 0.25) is 0 Å². The molecule has 3 N–H and O–H groups in total. The lowest BCUT2D eigenvalue weighted by atomic mass is 10.1. The van der Waals surface area contributed by atoms with Crippen LogP contribution in [-0.2, 0) is 14.3 Å². The summed E-state index contributed by atoms with van der Waals surface area (Å²) in [6.45, 7) is 3.74. The topological polar surface area (TPSA) is 105 Å². The van der Waals surface area contributed by atoms with Gasteiger partial charge in [-0.05, 0) is 17.8 Å². The Morgan fingerprint density at radius 3 is 2.44 bits per heavy atom. The largest absolute Gasteiger partial charge is 0.480 e. The van der Waals surface area contributed by atoms with Crippen LogP contribution in [0.4, 0.5) is 4.79 Å². The van der Waals surface area contributed by atoms with Gasteiger partial charge < -0.3 is 15.2 Å². The molecule has 0 radical (unpaired) electrons. The third-order valence-electron chi connectivity index (χ3n) is 2.94. The van der Waals surface area contributed by atoms with Crippen molar-refractivity contribution in [3.8, 4) is 0 Å². The zero-order chi connectivity index (χ0) is 13.8. The van der Waals surface area contributed by atoms with Crippen LogP contribution in [0.3, 0.4) is 0 Å². The molecule has 1 aliphatic carbocycles. The molecule has 18 heavy (non-hydrogen) atoms. The number of hydrogen-bond donors (Lipinski definition) is 3. The Hall–Kier alpha value is -1.63. The van der Waals surface area contributed by atoms with Gasteiger partial charge in [-0.3, -0.25) is 10.1 Å². The van der Waals surface area contributed by atoms with Crippen molar-refractivity contribution in [2.24, 2.45) is 11.3 Å². The molecule has 0 aromatic carbocycles. The molecule has 1 fully saturated rings. The van der Waals surface area contributed by atoms with Crippen LogP contribution >= 0.6 is 0 Å². The number of carbonyl (C=O) groups excluding carboxylic acids is 2. The molecule has 0 bridgehead atoms. The number of urea groups is 1. The van der Waals surface area contributed by atoms with E-state index in [0.717, 1.165) is 6.42 Å². The Morgan fingerprint density at radius 1 is 1.33 bits per heavy atom. The fraction of sp³-hybridized carbons (Fsp3) is 0.727. The van der Waals surface area contributed by atoms with Crippen LogP contribution in [0.15, 0.2) is 0 Å². The Bertz CT molecular complexity index is 353. The highest BCUT2D eigenvalue weighted by molar-refractivity contribution is 5.94. The summed E-state index contributed by atoms with van der Waals surface area (Å²) in [7, 11) is 0. The average Bonchev–Trinajstić information content (AvgIpc) is 2.83. The first kappa shape index (κ1) is 14.4. The van der Waals surface area contributed by atoms with Crippen LogP contribution in [0.2, 0.25) is 0 Å². The Kier molecular flexibility index (Phi) is 4.66. The predicted octanol–water partition coefficient (Wildman–Crippen LogP) is -0.0405. The highest BCUT2D eigenvalue weighted by Gasteiger charge is 2.45. The lowest BCUT2D eigenvalue weighted by molar-refractivity contribution is -0.143. The molecule has 102 valence electrons. The van der Waals surface area contributed by atoms with Crippen LogP contribution in [0, 0.1) is 11.3 Å². The van der Waals surface area contributed by atoms with E-state index in [9.17, 15) is 14.4 Å². The van der Waals surface area contributed by atoms with Gasteiger partial charge in [-0.1, -0.05) is 13.8 Å². The first-order valence-electron chi connectivity index (χ1n) is 5.68. The van der Waals surface area contributed by atoms with E-state index >= 15 is 0 Å². The van der Waals surface area contributed by atoms with Crippen molar-refractivity contribution < 1.29 is 24.2 Å². The first-order valence-corrected chi connectivity index (χ1v) is 5.68. The Balaban J connectivity index is 2.08. The van der Waals surface area contributed by atoms with Crippen molar-refractivity contribution in [1.82, 2.24) is 10.6 Å². The fourth-order valence-corrected chi connectivity index (χ4v) is 1.58. The predicted molar refractivity (Wildman–Crippen MR) is 61.9 cm³/mol. The average molecular weight is 258 g/mol. The maximum absolute atomic E-state index is 11.3. The minimum Gasteiger partial charge on any atom is -0.480 e. The van der Waals surface area contributed by atoms with Gasteiger partial charge in [0.15, 0.2) is 0 Å². The van der Waals surface area contributed by atoms with Gasteiger partial charge in [0, 0.05) is 6.54 Å². The minimum atomic E-state index is -1.16. The number of carbonyl (C=O) groups is 3. The van der Waals surface area contributed by atoms with Crippen LogP contribution in [-0.4, -0.2) is 42.8 Å². The van der Waals surface area contributed by atoms with Crippen LogP contribution in [0.1, 0.15) is 20.3 Å².